The summed E-state index contributed by atoms with van der Waals surface area (Å²) in [6, 6.07) is 8.22. The Kier molecular flexibility index (Phi) is 3.87. The van der Waals surface area contributed by atoms with Gasteiger partial charge in [-0.2, -0.15) is 0 Å². The standard InChI is InChI=1S/C19H21N5O/c1-13-4-3-5-17(14(13)2)23-6-8-24(9-7-23)19(25)15-10-16-18(20-11-15)22-12-21-16/h3-5,10-12H,6-9H2,1-2H3,(H,20,21,22). The third-order valence-electron chi connectivity index (χ3n) is 5.00. The minimum atomic E-state index is 0.0321. The van der Waals surface area contributed by atoms with E-state index in [9.17, 15) is 4.79 Å². The van der Waals surface area contributed by atoms with Crippen molar-refractivity contribution in [3.05, 3.63) is 53.5 Å². The minimum Gasteiger partial charge on any atom is -0.368 e. The maximum Gasteiger partial charge on any atom is 0.255 e. The number of amides is 1. The summed E-state index contributed by atoms with van der Waals surface area (Å²) in [5, 5.41) is 0. The second kappa shape index (κ2) is 6.20. The van der Waals surface area contributed by atoms with Crippen molar-refractivity contribution in [1.29, 1.82) is 0 Å². The predicted octanol–water partition coefficient (Wildman–Crippen LogP) is 2.54. The van der Waals surface area contributed by atoms with Crippen molar-refractivity contribution in [3.63, 3.8) is 0 Å². The van der Waals surface area contributed by atoms with E-state index >= 15 is 0 Å². The monoisotopic (exact) mass is 335 g/mol. The van der Waals surface area contributed by atoms with E-state index in [0.29, 0.717) is 24.3 Å². The molecule has 0 aliphatic carbocycles. The van der Waals surface area contributed by atoms with Gasteiger partial charge in [0.15, 0.2) is 5.65 Å². The average Bonchev–Trinajstić information content (AvgIpc) is 3.11. The molecule has 1 amide bonds. The van der Waals surface area contributed by atoms with Gasteiger partial charge < -0.3 is 14.8 Å². The third-order valence-corrected chi connectivity index (χ3v) is 5.00. The molecule has 0 unspecified atom stereocenters. The summed E-state index contributed by atoms with van der Waals surface area (Å²) in [6.07, 6.45) is 3.21. The van der Waals surface area contributed by atoms with E-state index in [4.69, 9.17) is 0 Å². The summed E-state index contributed by atoms with van der Waals surface area (Å²) >= 11 is 0. The van der Waals surface area contributed by atoms with Crippen molar-refractivity contribution in [2.24, 2.45) is 0 Å². The van der Waals surface area contributed by atoms with Crippen LogP contribution in [0.1, 0.15) is 21.5 Å². The number of fused-ring (bicyclic) bond motifs is 1. The van der Waals surface area contributed by atoms with Crippen LogP contribution in [0, 0.1) is 13.8 Å². The Labute approximate surface area is 146 Å². The SMILES string of the molecule is Cc1cccc(N2CCN(C(=O)c3cnc4nc[nH]c4c3)CC2)c1C. The number of nitrogens with zero attached hydrogens (tertiary/aromatic N) is 4. The summed E-state index contributed by atoms with van der Waals surface area (Å²) in [7, 11) is 0. The number of piperazine rings is 1. The first kappa shape index (κ1) is 15.6. The smallest absolute Gasteiger partial charge is 0.255 e. The Morgan fingerprint density at radius 1 is 1.12 bits per heavy atom. The van der Waals surface area contributed by atoms with Gasteiger partial charge >= 0.3 is 0 Å². The summed E-state index contributed by atoms with van der Waals surface area (Å²) in [6.45, 7) is 7.41. The van der Waals surface area contributed by atoms with Crippen molar-refractivity contribution in [2.45, 2.75) is 13.8 Å². The van der Waals surface area contributed by atoms with Crippen LogP contribution in [0.4, 0.5) is 5.69 Å². The van der Waals surface area contributed by atoms with E-state index in [0.717, 1.165) is 18.6 Å². The topological polar surface area (TPSA) is 65.1 Å². The average molecular weight is 335 g/mol. The first-order chi connectivity index (χ1) is 12.1. The van der Waals surface area contributed by atoms with Crippen LogP contribution in [0.5, 0.6) is 0 Å². The molecule has 0 spiro atoms. The number of hydrogen-bond donors (Lipinski definition) is 1. The van der Waals surface area contributed by atoms with Gasteiger partial charge in [0, 0.05) is 38.1 Å². The number of nitrogens with one attached hydrogen (secondary N) is 1. The van der Waals surface area contributed by atoms with Gasteiger partial charge in [-0.3, -0.25) is 4.79 Å². The van der Waals surface area contributed by atoms with Crippen LogP contribution in [0.25, 0.3) is 11.2 Å². The minimum absolute atomic E-state index is 0.0321. The molecule has 25 heavy (non-hydrogen) atoms. The van der Waals surface area contributed by atoms with Crippen molar-refractivity contribution in [2.75, 3.05) is 31.1 Å². The lowest BCUT2D eigenvalue weighted by atomic mass is 10.1. The number of carbonyl (C=O) groups excluding carboxylic acids is 1. The lowest BCUT2D eigenvalue weighted by Gasteiger charge is -2.37. The maximum absolute atomic E-state index is 12.8. The highest BCUT2D eigenvalue weighted by molar-refractivity contribution is 5.96. The van der Waals surface area contributed by atoms with E-state index < -0.39 is 0 Å². The lowest BCUT2D eigenvalue weighted by Crippen LogP contribution is -2.49. The third kappa shape index (κ3) is 2.84. The van der Waals surface area contributed by atoms with Crippen molar-refractivity contribution in [1.82, 2.24) is 19.9 Å². The first-order valence-corrected chi connectivity index (χ1v) is 8.53. The highest BCUT2D eigenvalue weighted by Gasteiger charge is 2.23. The van der Waals surface area contributed by atoms with Gasteiger partial charge in [-0.25, -0.2) is 9.97 Å². The van der Waals surface area contributed by atoms with Gasteiger partial charge in [-0.15, -0.1) is 0 Å². The molecular formula is C19H21N5O. The zero-order valence-electron chi connectivity index (χ0n) is 14.5. The summed E-state index contributed by atoms with van der Waals surface area (Å²) in [5.41, 5.74) is 5.92. The maximum atomic E-state index is 12.8. The fraction of sp³-hybridized carbons (Fsp3) is 0.316. The normalized spacial score (nSPS) is 15.0. The van der Waals surface area contributed by atoms with Crippen molar-refractivity contribution in [3.8, 4) is 0 Å². The van der Waals surface area contributed by atoms with Gasteiger partial charge in [-0.05, 0) is 37.1 Å². The van der Waals surface area contributed by atoms with E-state index in [2.05, 4.69) is 51.9 Å². The van der Waals surface area contributed by atoms with Crippen LogP contribution in [0.3, 0.4) is 0 Å². The number of imidazole rings is 1. The molecule has 3 heterocycles. The molecule has 0 saturated carbocycles. The molecule has 4 rings (SSSR count). The summed E-state index contributed by atoms with van der Waals surface area (Å²) in [4.78, 5) is 28.4. The van der Waals surface area contributed by atoms with Crippen LogP contribution in [-0.4, -0.2) is 51.9 Å². The number of pyridine rings is 1. The van der Waals surface area contributed by atoms with Crippen LogP contribution in [-0.2, 0) is 0 Å². The molecule has 1 fully saturated rings. The number of aromatic amines is 1. The molecule has 2 aromatic heterocycles. The second-order valence-corrected chi connectivity index (χ2v) is 6.50. The van der Waals surface area contributed by atoms with Crippen LogP contribution >= 0.6 is 0 Å². The fourth-order valence-corrected chi connectivity index (χ4v) is 3.36. The molecule has 1 aromatic carbocycles. The van der Waals surface area contributed by atoms with E-state index in [1.807, 2.05) is 11.0 Å². The number of H-pyrrole nitrogens is 1. The largest absolute Gasteiger partial charge is 0.368 e. The second-order valence-electron chi connectivity index (χ2n) is 6.50. The number of rotatable bonds is 2. The van der Waals surface area contributed by atoms with Crippen LogP contribution in [0.15, 0.2) is 36.8 Å². The van der Waals surface area contributed by atoms with Gasteiger partial charge in [0.1, 0.15) is 0 Å². The molecule has 0 atom stereocenters. The van der Waals surface area contributed by atoms with Gasteiger partial charge in [0.05, 0.1) is 17.4 Å². The molecule has 6 heteroatoms. The molecule has 1 aliphatic rings. The van der Waals surface area contributed by atoms with E-state index in [1.54, 1.807) is 12.5 Å². The Morgan fingerprint density at radius 2 is 1.92 bits per heavy atom. The highest BCUT2D eigenvalue weighted by atomic mass is 16.2. The zero-order valence-corrected chi connectivity index (χ0v) is 14.5. The summed E-state index contributed by atoms with van der Waals surface area (Å²) < 4.78 is 0. The van der Waals surface area contributed by atoms with Crippen LogP contribution < -0.4 is 4.90 Å². The Bertz CT molecular complexity index is 924. The zero-order chi connectivity index (χ0) is 17.4. The number of hydrogen-bond acceptors (Lipinski definition) is 4. The predicted molar refractivity (Wildman–Crippen MR) is 97.9 cm³/mol. The number of aryl methyl sites for hydroxylation is 1. The van der Waals surface area contributed by atoms with Crippen LogP contribution in [0.2, 0.25) is 0 Å². The molecule has 128 valence electrons. The quantitative estimate of drug-likeness (QED) is 0.782. The number of anilines is 1. The fourth-order valence-electron chi connectivity index (χ4n) is 3.36. The number of carbonyl (C=O) groups is 1. The number of aromatic nitrogens is 3. The molecular weight excluding hydrogens is 314 g/mol. The van der Waals surface area contributed by atoms with Gasteiger partial charge in [0.25, 0.3) is 5.91 Å². The Hall–Kier alpha value is -2.89. The first-order valence-electron chi connectivity index (χ1n) is 8.53. The van der Waals surface area contributed by atoms with E-state index in [-0.39, 0.29) is 5.91 Å². The molecule has 0 radical (unpaired) electrons. The lowest BCUT2D eigenvalue weighted by molar-refractivity contribution is 0.0746. The summed E-state index contributed by atoms with van der Waals surface area (Å²) in [5.74, 6) is 0.0321. The van der Waals surface area contributed by atoms with Gasteiger partial charge in [-0.1, -0.05) is 12.1 Å². The molecule has 1 aliphatic heterocycles. The molecule has 1 N–H and O–H groups in total. The molecule has 6 nitrogen and oxygen atoms in total. The van der Waals surface area contributed by atoms with Gasteiger partial charge in [0.2, 0.25) is 0 Å². The number of benzene rings is 1. The Morgan fingerprint density at radius 3 is 2.72 bits per heavy atom. The van der Waals surface area contributed by atoms with Crippen molar-refractivity contribution >= 4 is 22.8 Å². The molecule has 3 aromatic rings. The Balaban J connectivity index is 1.47. The van der Waals surface area contributed by atoms with Crippen molar-refractivity contribution < 1.29 is 4.79 Å². The van der Waals surface area contributed by atoms with E-state index in [1.165, 1.54) is 16.8 Å². The molecule has 1 saturated heterocycles. The highest BCUT2D eigenvalue weighted by Crippen LogP contribution is 2.24. The molecule has 0 bridgehead atoms.